The number of anilines is 1. The Morgan fingerprint density at radius 1 is 1.32 bits per heavy atom. The molecular weight excluding hydrogens is 366 g/mol. The van der Waals surface area contributed by atoms with Gasteiger partial charge in [0, 0.05) is 6.42 Å². The summed E-state index contributed by atoms with van der Waals surface area (Å²) >= 11 is 0. The number of aliphatic hydroxyl groups excluding tert-OH is 1. The van der Waals surface area contributed by atoms with E-state index in [1.165, 1.54) is 0 Å². The number of hydrogen-bond donors (Lipinski definition) is 5. The molecule has 3 atom stereocenters. The van der Waals surface area contributed by atoms with Crippen molar-refractivity contribution >= 4 is 22.9 Å². The third kappa shape index (κ3) is 4.07. The predicted octanol–water partition coefficient (Wildman–Crippen LogP) is -0.540. The molecule has 11 heteroatoms. The number of ether oxygens (including phenoxy) is 1. The highest BCUT2D eigenvalue weighted by Crippen LogP contribution is 2.33. The largest absolute Gasteiger partial charge is 0.394 e. The smallest absolute Gasteiger partial charge is 0.280 e. The topological polar surface area (TPSA) is 188 Å². The SMILES string of the molecule is NCCCCCC(=O)C(N)c1nc2c(=O)[nH]c(N)nc2n1[C@H]1CC[C@@H](CO)O1. The lowest BCUT2D eigenvalue weighted by Crippen LogP contribution is -2.27. The van der Waals surface area contributed by atoms with Gasteiger partial charge in [0.2, 0.25) is 5.95 Å². The molecule has 3 rings (SSSR count). The number of nitrogen functional groups attached to an aromatic ring is 1. The number of aromatic nitrogens is 4. The highest BCUT2D eigenvalue weighted by atomic mass is 16.5. The molecular formula is C17H27N7O4. The molecule has 0 spiro atoms. The molecule has 1 unspecified atom stereocenters. The number of H-pyrrole nitrogens is 1. The molecule has 0 bridgehead atoms. The zero-order chi connectivity index (χ0) is 20.3. The Morgan fingerprint density at radius 2 is 2.11 bits per heavy atom. The first kappa shape index (κ1) is 20.4. The summed E-state index contributed by atoms with van der Waals surface area (Å²) in [4.78, 5) is 35.8. The molecule has 154 valence electrons. The van der Waals surface area contributed by atoms with Crippen molar-refractivity contribution in [1.29, 1.82) is 0 Å². The summed E-state index contributed by atoms with van der Waals surface area (Å²) in [7, 11) is 0. The zero-order valence-corrected chi connectivity index (χ0v) is 15.6. The van der Waals surface area contributed by atoms with Gasteiger partial charge in [-0.25, -0.2) is 4.98 Å². The van der Waals surface area contributed by atoms with E-state index in [4.69, 9.17) is 21.9 Å². The molecule has 0 radical (unpaired) electrons. The van der Waals surface area contributed by atoms with Crippen LogP contribution in [0.1, 0.15) is 56.6 Å². The molecule has 1 saturated heterocycles. The van der Waals surface area contributed by atoms with Crippen molar-refractivity contribution in [2.75, 3.05) is 18.9 Å². The highest BCUT2D eigenvalue weighted by molar-refractivity contribution is 5.85. The normalized spacial score (nSPS) is 20.7. The van der Waals surface area contributed by atoms with E-state index >= 15 is 0 Å². The molecule has 2 aromatic rings. The molecule has 1 fully saturated rings. The number of aliphatic hydroxyl groups is 1. The lowest BCUT2D eigenvalue weighted by molar-refractivity contribution is -0.120. The van der Waals surface area contributed by atoms with Crippen LogP contribution >= 0.6 is 0 Å². The van der Waals surface area contributed by atoms with E-state index in [0.29, 0.717) is 32.2 Å². The van der Waals surface area contributed by atoms with Gasteiger partial charge in [-0.1, -0.05) is 6.42 Å². The number of ketones is 1. The van der Waals surface area contributed by atoms with Crippen molar-refractivity contribution in [2.45, 2.75) is 56.9 Å². The zero-order valence-electron chi connectivity index (χ0n) is 15.6. The Balaban J connectivity index is 1.96. The number of aromatic amines is 1. The molecule has 0 saturated carbocycles. The Bertz CT molecular complexity index is 893. The number of nitrogens with zero attached hydrogens (tertiary/aromatic N) is 3. The van der Waals surface area contributed by atoms with E-state index in [2.05, 4.69) is 15.0 Å². The Kier molecular flexibility index (Phi) is 6.39. The predicted molar refractivity (Wildman–Crippen MR) is 102 cm³/mol. The number of carbonyl (C=O) groups is 1. The van der Waals surface area contributed by atoms with Crippen molar-refractivity contribution in [3.05, 3.63) is 16.2 Å². The number of carbonyl (C=O) groups excluding carboxylic acids is 1. The molecule has 11 nitrogen and oxygen atoms in total. The summed E-state index contributed by atoms with van der Waals surface area (Å²) in [5, 5.41) is 9.36. The third-order valence-corrected chi connectivity index (χ3v) is 4.93. The number of hydrogen-bond acceptors (Lipinski definition) is 9. The fraction of sp³-hybridized carbons (Fsp3) is 0.647. The number of unbranched alkanes of at least 4 members (excludes halogenated alkanes) is 2. The third-order valence-electron chi connectivity index (χ3n) is 4.93. The van der Waals surface area contributed by atoms with Crippen LogP contribution in [0.5, 0.6) is 0 Å². The van der Waals surface area contributed by atoms with E-state index < -0.39 is 17.8 Å². The fourth-order valence-electron chi connectivity index (χ4n) is 3.45. The maximum Gasteiger partial charge on any atom is 0.280 e. The molecule has 8 N–H and O–H groups in total. The highest BCUT2D eigenvalue weighted by Gasteiger charge is 2.33. The number of rotatable bonds is 9. The van der Waals surface area contributed by atoms with Crippen LogP contribution in [0.3, 0.4) is 0 Å². The van der Waals surface area contributed by atoms with Crippen molar-refractivity contribution in [3.8, 4) is 0 Å². The maximum atomic E-state index is 12.6. The van der Waals surface area contributed by atoms with Gasteiger partial charge in [0.15, 0.2) is 16.9 Å². The summed E-state index contributed by atoms with van der Waals surface area (Å²) in [6, 6.07) is -1.02. The second-order valence-corrected chi connectivity index (χ2v) is 6.98. The van der Waals surface area contributed by atoms with Gasteiger partial charge in [-0.2, -0.15) is 4.98 Å². The quantitative estimate of drug-likeness (QED) is 0.348. The van der Waals surface area contributed by atoms with Crippen molar-refractivity contribution in [3.63, 3.8) is 0 Å². The minimum atomic E-state index is -1.02. The molecule has 0 aliphatic carbocycles. The second-order valence-electron chi connectivity index (χ2n) is 6.98. The van der Waals surface area contributed by atoms with E-state index in [0.717, 1.165) is 12.8 Å². The van der Waals surface area contributed by atoms with Gasteiger partial charge < -0.3 is 27.0 Å². The lowest BCUT2D eigenvalue weighted by atomic mass is 10.1. The molecule has 2 aromatic heterocycles. The first-order valence-electron chi connectivity index (χ1n) is 9.48. The van der Waals surface area contributed by atoms with Crippen LogP contribution in [-0.2, 0) is 9.53 Å². The van der Waals surface area contributed by atoms with Gasteiger partial charge in [0.1, 0.15) is 18.1 Å². The van der Waals surface area contributed by atoms with Gasteiger partial charge in [-0.05, 0) is 32.2 Å². The molecule has 1 aliphatic rings. The monoisotopic (exact) mass is 393 g/mol. The molecule has 0 aromatic carbocycles. The first-order chi connectivity index (χ1) is 13.5. The van der Waals surface area contributed by atoms with E-state index in [9.17, 15) is 14.7 Å². The Labute approximate surface area is 161 Å². The first-order valence-corrected chi connectivity index (χ1v) is 9.48. The summed E-state index contributed by atoms with van der Waals surface area (Å²) in [5.41, 5.74) is 17.1. The number of Topliss-reactive ketones (excluding diaryl/α,β-unsaturated/α-hetero) is 1. The minimum Gasteiger partial charge on any atom is -0.394 e. The summed E-state index contributed by atoms with van der Waals surface area (Å²) in [5.74, 6) is -0.0377. The van der Waals surface area contributed by atoms with Crippen molar-refractivity contribution in [2.24, 2.45) is 11.5 Å². The molecule has 28 heavy (non-hydrogen) atoms. The van der Waals surface area contributed by atoms with E-state index in [-0.39, 0.29) is 41.4 Å². The van der Waals surface area contributed by atoms with Crippen LogP contribution < -0.4 is 22.8 Å². The summed E-state index contributed by atoms with van der Waals surface area (Å²) < 4.78 is 7.39. The number of nitrogens with two attached hydrogens (primary N) is 3. The molecule has 1 aliphatic heterocycles. The van der Waals surface area contributed by atoms with E-state index in [1.54, 1.807) is 4.57 Å². The van der Waals surface area contributed by atoms with Crippen LogP contribution in [0.2, 0.25) is 0 Å². The van der Waals surface area contributed by atoms with Gasteiger partial charge in [-0.15, -0.1) is 0 Å². The second kappa shape index (κ2) is 8.78. The van der Waals surface area contributed by atoms with Crippen LogP contribution in [0.4, 0.5) is 5.95 Å². The van der Waals surface area contributed by atoms with Crippen molar-refractivity contribution in [1.82, 2.24) is 19.5 Å². The molecule has 0 amide bonds. The summed E-state index contributed by atoms with van der Waals surface area (Å²) in [6.45, 7) is 0.456. The number of nitrogens with one attached hydrogen (secondary N) is 1. The lowest BCUT2D eigenvalue weighted by Gasteiger charge is -2.19. The van der Waals surface area contributed by atoms with Crippen LogP contribution in [0.15, 0.2) is 4.79 Å². The maximum absolute atomic E-state index is 12.6. The minimum absolute atomic E-state index is 0.0478. The standard InChI is InChI=1S/C17H27N7O4/c18-7-3-1-2-4-10(26)12(19)14-21-13-15(22-17(20)23-16(13)27)24(14)11-6-5-9(8-25)28-11/h9,11-12,25H,1-8,18-19H2,(H3,20,22,23,27)/t9-,11+,12?/m0/s1. The van der Waals surface area contributed by atoms with Gasteiger partial charge in [-0.3, -0.25) is 19.1 Å². The van der Waals surface area contributed by atoms with Crippen molar-refractivity contribution < 1.29 is 14.6 Å². The van der Waals surface area contributed by atoms with Crippen LogP contribution in [0, 0.1) is 0 Å². The molecule has 3 heterocycles. The van der Waals surface area contributed by atoms with E-state index in [1.807, 2.05) is 0 Å². The Hall–Kier alpha value is -2.34. The van der Waals surface area contributed by atoms with Crippen LogP contribution in [-0.4, -0.2) is 49.7 Å². The average molecular weight is 393 g/mol. The van der Waals surface area contributed by atoms with Gasteiger partial charge in [0.05, 0.1) is 12.7 Å². The average Bonchev–Trinajstić information content (AvgIpc) is 3.28. The van der Waals surface area contributed by atoms with Gasteiger partial charge in [0.25, 0.3) is 5.56 Å². The van der Waals surface area contributed by atoms with Gasteiger partial charge >= 0.3 is 0 Å². The number of fused-ring (bicyclic) bond motifs is 1. The Morgan fingerprint density at radius 3 is 2.79 bits per heavy atom. The number of imidazole rings is 1. The summed E-state index contributed by atoms with van der Waals surface area (Å²) in [6.07, 6.45) is 2.98. The fourth-order valence-corrected chi connectivity index (χ4v) is 3.45. The van der Waals surface area contributed by atoms with Crippen LogP contribution in [0.25, 0.3) is 11.2 Å².